The standard InChI is InChI=1S/H4N92/c1-3-5-7-9-11-13-15-17-19-21-23-25-27-29-31-33-35-37-39-41-43-45-47-49-51-53-55-57-59-61-63-65-67-69-71-73-75-77-79-81-83-85-87-89-91-92-90-88-86-84-82-80-78-76-74-72-70-68-66-64-62-60-58-56-54-52-50-48-46-44-42-40-38-36-34-32-30-28-26-24-22-20-18-16-14-12-10-8-6-4-2/h(H2,1,4,5,8,9,12,13,16,17,20,21,24,25,28,29,32,33,36,37,40,41,44,45,48,49,52,53,56,57,60,61,64,65,68,69,72,73,76,77,80,81,84,85,88,89,92)(H2,2,3,6,7,10,11,14,15,18,19,22,23,26,27,30,31,34,35,38,39,42,43,46,47,50,51,54,55,58,59,62,63,66,67,70,71,74,75,78,79,82,83,86,87,90,91). The highest BCUT2D eigenvalue weighted by atomic mass is 15.8. The largest absolute Gasteiger partial charge is 0.303 e. The van der Waals surface area contributed by atoms with Gasteiger partial charge in [-0.25, -0.2) is 0 Å². The molecule has 0 atom stereocenters. The van der Waals surface area contributed by atoms with Gasteiger partial charge < -0.3 is 11.7 Å². The summed E-state index contributed by atoms with van der Waals surface area (Å²) < 4.78 is 0. The van der Waals surface area contributed by atoms with Crippen LogP contribution in [0.4, 0.5) is 0 Å². The van der Waals surface area contributed by atoms with Crippen molar-refractivity contribution < 1.29 is 0 Å². The van der Waals surface area contributed by atoms with E-state index >= 15 is 0 Å². The van der Waals surface area contributed by atoms with E-state index in [0.717, 1.165) is 0 Å². The molecule has 0 aromatic heterocycles. The van der Waals surface area contributed by atoms with Crippen LogP contribution >= 0.6 is 0 Å². The van der Waals surface area contributed by atoms with E-state index in [2.05, 4.69) is 482 Å². The van der Waals surface area contributed by atoms with E-state index in [-0.39, 0.29) is 0 Å². The van der Waals surface area contributed by atoms with Gasteiger partial charge in [-0.15, -0.1) is 0 Å². The van der Waals surface area contributed by atoms with Crippen LogP contribution in [0.25, 0.3) is 0 Å². The molecular formula is H4N92. The monoisotopic (exact) mass is 1290 g/mol. The van der Waals surface area contributed by atoms with E-state index < -0.39 is 0 Å². The molecule has 0 bridgehead atoms. The Morgan fingerprint density at radius 2 is 0.0870 bits per heavy atom. The maximum Gasteiger partial charge on any atom is 0 e. The van der Waals surface area contributed by atoms with E-state index in [9.17, 15) is 0 Å². The third-order valence-electron chi connectivity index (χ3n) is 3.58. The SMILES string of the molecule is N/N=N/N=N/N=N/N=N/N=N/N=N/N=N/N=N/N=N/N=N/N=N/N=N/N=N/N=N/N=N/N=N/N=N/N=N/N=N/N=N/N=N/N=N/N=N/N=N/N=N/N=N/N=N/N=N/N=N/N=N/N=N/N=N/N=N/N=N/N=N/N=N/N=N/N=N/N=N/N=N/N=N/N=N/N=N/N=N/N=N/N. The molecule has 92 nitrogen and oxygen atoms in total. The van der Waals surface area contributed by atoms with Gasteiger partial charge in [-0.2, -0.15) is 0 Å². The molecule has 0 unspecified atom stereocenters. The Balaban J connectivity index is 4.11. The van der Waals surface area contributed by atoms with Crippen LogP contribution in [0.2, 0.25) is 0 Å². The summed E-state index contributed by atoms with van der Waals surface area (Å²) in [7, 11) is 0. The summed E-state index contributed by atoms with van der Waals surface area (Å²) in [6.07, 6.45) is 0. The van der Waals surface area contributed by atoms with Crippen LogP contribution in [0.15, 0.2) is 470 Å². The van der Waals surface area contributed by atoms with Crippen molar-refractivity contribution in [1.29, 1.82) is 0 Å². The first-order chi connectivity index (χ1) is 45.9. The molecule has 0 radical (unpaired) electrons. The summed E-state index contributed by atoms with van der Waals surface area (Å²) >= 11 is 0. The lowest BCUT2D eigenvalue weighted by molar-refractivity contribution is 0.723. The molecule has 0 aromatic carbocycles. The van der Waals surface area contributed by atoms with Gasteiger partial charge in [0, 0.05) is 387 Å². The van der Waals surface area contributed by atoms with Gasteiger partial charge in [0.2, 0.25) is 0 Å². The maximum absolute atomic E-state index is 4.63. The van der Waals surface area contributed by atoms with Gasteiger partial charge in [0.15, 0.2) is 0 Å². The first kappa shape index (κ1) is 73.6. The first-order valence-corrected chi connectivity index (χ1v) is 18.3. The summed E-state index contributed by atoms with van der Waals surface area (Å²) in [4.78, 5) is 0. The van der Waals surface area contributed by atoms with E-state index in [1.54, 1.807) is 0 Å². The molecule has 0 rings (SSSR count). The molecule has 0 aromatic rings. The first-order valence-electron chi connectivity index (χ1n) is 18.3. The fourth-order valence-electron chi connectivity index (χ4n) is 1.58. The zero-order valence-electron chi connectivity index (χ0n) is 41.4. The fourth-order valence-corrected chi connectivity index (χ4v) is 1.58. The minimum Gasteiger partial charge on any atom is -0.303 e. The molecule has 0 saturated carbocycles. The Morgan fingerprint density at radius 3 is 0.120 bits per heavy atom. The van der Waals surface area contributed by atoms with Gasteiger partial charge in [0.1, 0.15) is 0 Å². The minimum atomic E-state index is 2.75. The lowest BCUT2D eigenvalue weighted by atomic mass is 12.3. The third kappa shape index (κ3) is 71.6. The van der Waals surface area contributed by atoms with Gasteiger partial charge >= 0.3 is 0 Å². The van der Waals surface area contributed by atoms with E-state index in [1.807, 2.05) is 0 Å². The molecule has 0 amide bonds. The van der Waals surface area contributed by atoms with E-state index in [0.29, 0.717) is 0 Å². The van der Waals surface area contributed by atoms with Crippen molar-refractivity contribution in [3.05, 3.63) is 0 Å². The van der Waals surface area contributed by atoms with Gasteiger partial charge in [0.05, 0.1) is 0 Å². The maximum atomic E-state index is 4.63. The highest BCUT2D eigenvalue weighted by Crippen LogP contribution is 1.97. The Morgan fingerprint density at radius 1 is 0.0543 bits per heavy atom. The van der Waals surface area contributed by atoms with Crippen molar-refractivity contribution in [2.24, 2.45) is 482 Å². The Bertz CT molecular complexity index is 3110. The second-order valence-electron chi connectivity index (χ2n) is 8.10. The zero-order chi connectivity index (χ0) is 65.6. The molecule has 92 heteroatoms. The summed E-state index contributed by atoms with van der Waals surface area (Å²) in [6.45, 7) is 0. The Kier molecular flexibility index (Phi) is 58.1. The van der Waals surface area contributed by atoms with E-state index in [4.69, 9.17) is 0 Å². The third-order valence-corrected chi connectivity index (χ3v) is 3.58. The molecule has 4 N–H and O–H groups in total. The van der Waals surface area contributed by atoms with Gasteiger partial charge in [-0.05, 0) is 73.1 Å². The van der Waals surface area contributed by atoms with Crippen LogP contribution in [0.1, 0.15) is 0 Å². The number of hydrogen-bond donors (Lipinski definition) is 2. The van der Waals surface area contributed by atoms with Crippen LogP contribution in [0, 0.1) is 0 Å². The van der Waals surface area contributed by atoms with Crippen molar-refractivity contribution in [2.75, 3.05) is 0 Å². The average Bonchev–Trinajstić information content (AvgIpc) is 3.57. The average molecular weight is 1290 g/mol. The summed E-state index contributed by atoms with van der Waals surface area (Å²) in [5.41, 5.74) is 0. The van der Waals surface area contributed by atoms with Crippen LogP contribution in [0.5, 0.6) is 0 Å². The van der Waals surface area contributed by atoms with Gasteiger partial charge in [-0.1, -0.05) is 10.4 Å². The number of rotatable bonds is 44. The highest BCUT2D eigenvalue weighted by Gasteiger charge is 1.79. The highest BCUT2D eigenvalue weighted by molar-refractivity contribution is 4.22. The zero-order valence-corrected chi connectivity index (χ0v) is 41.4. The van der Waals surface area contributed by atoms with Crippen LogP contribution < -0.4 is 11.7 Å². The molecule has 92 heavy (non-hydrogen) atoms. The second kappa shape index (κ2) is 72.6. The molecule has 0 aliphatic carbocycles. The summed E-state index contributed by atoms with van der Waals surface area (Å²) in [6, 6.07) is 0. The summed E-state index contributed by atoms with van der Waals surface area (Å²) in [5, 5.41) is 269. The fraction of sp³-hybridized carbons (Fsp3) is 0. The predicted molar refractivity (Wildman–Crippen MR) is 227 cm³/mol. The smallest absolute Gasteiger partial charge is 0 e. The molecule has 0 aliphatic rings. The quantitative estimate of drug-likeness (QED) is 0.0341. The van der Waals surface area contributed by atoms with Crippen molar-refractivity contribution in [3.8, 4) is 0 Å². The molecule has 0 spiro atoms. The van der Waals surface area contributed by atoms with Crippen LogP contribution in [-0.4, -0.2) is 0 Å². The van der Waals surface area contributed by atoms with E-state index in [1.165, 1.54) is 0 Å². The minimum absolute atomic E-state index is 2.75. The molecule has 0 saturated heterocycles. The molecule has 0 aliphatic heterocycles. The van der Waals surface area contributed by atoms with Crippen LogP contribution in [-0.2, 0) is 0 Å². The van der Waals surface area contributed by atoms with Crippen molar-refractivity contribution in [2.45, 2.75) is 0 Å². The number of hydrogen-bond acceptors (Lipinski definition) is 2. The number of nitrogens with zero attached hydrogens (tertiary/aromatic N) is 90. The topological polar surface area (TPSA) is 1160 Å². The number of nitrogens with two attached hydrogens (primary N) is 2. The normalized spacial score (nSPS) is 15.7. The van der Waals surface area contributed by atoms with Crippen molar-refractivity contribution in [1.82, 2.24) is 0 Å². The lowest BCUT2D eigenvalue weighted by Gasteiger charge is -1.71. The molecule has 0 heterocycles. The lowest BCUT2D eigenvalue weighted by Crippen LogP contribution is -1.70. The Hall–Kier alpha value is -18.4. The molecule has 0 fully saturated rings. The van der Waals surface area contributed by atoms with Crippen molar-refractivity contribution >= 4 is 0 Å². The van der Waals surface area contributed by atoms with Crippen LogP contribution in [0.3, 0.4) is 0 Å². The molecule has 464 valence electrons. The summed E-state index contributed by atoms with van der Waals surface area (Å²) in [5.74, 6) is 9.27. The van der Waals surface area contributed by atoms with Crippen molar-refractivity contribution in [3.63, 3.8) is 0 Å². The second-order valence-corrected chi connectivity index (χ2v) is 8.10. The Labute approximate surface area is 482 Å². The predicted octanol–water partition coefficient (Wildman–Crippen LogP) is 15.3. The molecular weight excluding hydrogens is 1290 g/mol. The van der Waals surface area contributed by atoms with Gasteiger partial charge in [-0.3, -0.25) is 0 Å². The van der Waals surface area contributed by atoms with Gasteiger partial charge in [0.25, 0.3) is 0 Å².